The topological polar surface area (TPSA) is 63.3 Å². The molecule has 0 bridgehead atoms. The third-order valence-electron chi connectivity index (χ3n) is 3.43. The van der Waals surface area contributed by atoms with E-state index in [9.17, 15) is 14.3 Å². The van der Waals surface area contributed by atoms with Crippen molar-refractivity contribution in [2.24, 2.45) is 0 Å². The minimum Gasteiger partial charge on any atom is -0.477 e. The van der Waals surface area contributed by atoms with Crippen LogP contribution in [0.15, 0.2) is 22.7 Å². The van der Waals surface area contributed by atoms with Crippen LogP contribution < -0.4 is 0 Å². The highest BCUT2D eigenvalue weighted by molar-refractivity contribution is 6.33. The van der Waals surface area contributed by atoms with Crippen LogP contribution >= 0.6 is 11.6 Å². The quantitative estimate of drug-likeness (QED) is 0.731. The Bertz CT molecular complexity index is 649. The number of carboxylic acids is 1. The fourth-order valence-electron chi connectivity index (χ4n) is 2.32. The lowest BCUT2D eigenvalue weighted by Crippen LogP contribution is -2.02. The number of hydrogen-bond donors (Lipinski definition) is 1. The van der Waals surface area contributed by atoms with Crippen LogP contribution in [0.3, 0.4) is 0 Å². The number of carboxylic acid groups (broad SMARTS) is 1. The molecule has 1 aromatic heterocycles. The van der Waals surface area contributed by atoms with Crippen molar-refractivity contribution in [1.29, 1.82) is 0 Å². The number of aromatic carboxylic acids is 1. The van der Waals surface area contributed by atoms with Gasteiger partial charge in [0.25, 0.3) is 0 Å². The maximum absolute atomic E-state index is 14.0. The van der Waals surface area contributed by atoms with E-state index >= 15 is 0 Å². The number of rotatable bonds is 7. The zero-order valence-electron chi connectivity index (χ0n) is 12.2. The van der Waals surface area contributed by atoms with E-state index in [0.717, 1.165) is 25.7 Å². The molecule has 0 radical (unpaired) electrons. The van der Waals surface area contributed by atoms with Gasteiger partial charge in [0.1, 0.15) is 17.1 Å². The van der Waals surface area contributed by atoms with E-state index < -0.39 is 11.8 Å². The van der Waals surface area contributed by atoms with E-state index in [1.165, 1.54) is 18.2 Å². The Morgan fingerprint density at radius 1 is 1.36 bits per heavy atom. The second kappa shape index (κ2) is 7.40. The lowest BCUT2D eigenvalue weighted by molar-refractivity contribution is 0.0695. The van der Waals surface area contributed by atoms with Crippen molar-refractivity contribution in [2.75, 3.05) is 0 Å². The summed E-state index contributed by atoms with van der Waals surface area (Å²) < 4.78 is 19.1. The van der Waals surface area contributed by atoms with Crippen LogP contribution in [0.4, 0.5) is 4.39 Å². The minimum atomic E-state index is -1.19. The number of halogens is 2. The van der Waals surface area contributed by atoms with Crippen molar-refractivity contribution in [2.45, 2.75) is 39.0 Å². The average Bonchev–Trinajstić information content (AvgIpc) is 2.87. The van der Waals surface area contributed by atoms with E-state index in [1.54, 1.807) is 0 Å². The van der Waals surface area contributed by atoms with Gasteiger partial charge in [0.05, 0.1) is 10.6 Å². The van der Waals surface area contributed by atoms with Gasteiger partial charge in [0, 0.05) is 6.42 Å². The van der Waals surface area contributed by atoms with Gasteiger partial charge in [-0.3, -0.25) is 0 Å². The second-order valence-electron chi connectivity index (χ2n) is 5.04. The van der Waals surface area contributed by atoms with Crippen LogP contribution in [0.2, 0.25) is 5.02 Å². The molecule has 0 aliphatic carbocycles. The largest absolute Gasteiger partial charge is 0.477 e. The van der Waals surface area contributed by atoms with E-state index in [-0.39, 0.29) is 27.6 Å². The summed E-state index contributed by atoms with van der Waals surface area (Å²) in [5.41, 5.74) is -0.199. The molecular weight excluding hydrogens is 309 g/mol. The third kappa shape index (κ3) is 3.47. The molecule has 0 amide bonds. The highest BCUT2D eigenvalue weighted by Gasteiger charge is 2.26. The number of nitrogens with zero attached hydrogens (tertiary/aromatic N) is 1. The van der Waals surface area contributed by atoms with Gasteiger partial charge < -0.3 is 9.63 Å². The highest BCUT2D eigenvalue weighted by atomic mass is 35.5. The summed E-state index contributed by atoms with van der Waals surface area (Å²) in [7, 11) is 0. The summed E-state index contributed by atoms with van der Waals surface area (Å²) in [5, 5.41) is 13.3. The van der Waals surface area contributed by atoms with Gasteiger partial charge in [-0.2, -0.15) is 0 Å². The molecule has 0 atom stereocenters. The number of unbranched alkanes of at least 4 members (excludes halogenated alkanes) is 3. The molecule has 2 rings (SSSR count). The summed E-state index contributed by atoms with van der Waals surface area (Å²) in [6, 6.07) is 4.15. The molecule has 0 spiro atoms. The normalized spacial score (nSPS) is 10.9. The van der Waals surface area contributed by atoms with E-state index in [2.05, 4.69) is 12.1 Å². The molecule has 1 heterocycles. The van der Waals surface area contributed by atoms with Crippen molar-refractivity contribution in [1.82, 2.24) is 5.16 Å². The van der Waals surface area contributed by atoms with Crippen molar-refractivity contribution in [3.63, 3.8) is 0 Å². The Morgan fingerprint density at radius 3 is 2.77 bits per heavy atom. The van der Waals surface area contributed by atoms with Gasteiger partial charge in [-0.25, -0.2) is 9.18 Å². The molecule has 0 saturated heterocycles. The Hall–Kier alpha value is -1.88. The molecule has 0 aliphatic heterocycles. The predicted molar refractivity (Wildman–Crippen MR) is 81.7 cm³/mol. The summed E-state index contributed by atoms with van der Waals surface area (Å²) in [6.07, 6.45) is 4.39. The van der Waals surface area contributed by atoms with Crippen LogP contribution in [0.5, 0.6) is 0 Å². The molecule has 6 heteroatoms. The first-order valence-corrected chi connectivity index (χ1v) is 7.60. The van der Waals surface area contributed by atoms with Crippen LogP contribution in [-0.4, -0.2) is 16.2 Å². The molecule has 118 valence electrons. The van der Waals surface area contributed by atoms with Gasteiger partial charge in [-0.15, -0.1) is 0 Å². The maximum Gasteiger partial charge on any atom is 0.341 e. The number of benzene rings is 1. The first-order valence-electron chi connectivity index (χ1n) is 7.22. The van der Waals surface area contributed by atoms with Crippen molar-refractivity contribution in [3.8, 4) is 11.3 Å². The summed E-state index contributed by atoms with van der Waals surface area (Å²) in [5.74, 6) is -1.56. The molecule has 0 unspecified atom stereocenters. The Labute approximate surface area is 132 Å². The predicted octanol–water partition coefficient (Wildman–Crippen LogP) is 4.96. The Balaban J connectivity index is 2.37. The van der Waals surface area contributed by atoms with Crippen LogP contribution in [0.25, 0.3) is 11.3 Å². The lowest BCUT2D eigenvalue weighted by Gasteiger charge is -2.03. The lowest BCUT2D eigenvalue weighted by atomic mass is 10.0. The summed E-state index contributed by atoms with van der Waals surface area (Å²) >= 11 is 5.98. The Morgan fingerprint density at radius 2 is 2.14 bits per heavy atom. The summed E-state index contributed by atoms with van der Waals surface area (Å²) in [4.78, 5) is 11.5. The molecule has 0 saturated carbocycles. The van der Waals surface area contributed by atoms with Crippen LogP contribution in [0.1, 0.15) is 48.7 Å². The second-order valence-corrected chi connectivity index (χ2v) is 5.45. The Kier molecular flexibility index (Phi) is 5.55. The van der Waals surface area contributed by atoms with Gasteiger partial charge in [-0.1, -0.05) is 49.0 Å². The van der Waals surface area contributed by atoms with E-state index in [4.69, 9.17) is 16.1 Å². The van der Waals surface area contributed by atoms with Gasteiger partial charge in [0.2, 0.25) is 0 Å². The number of carbonyl (C=O) groups is 1. The standard InChI is InChI=1S/C16H17ClFNO3/c1-2-3-4-5-9-12-14(16(20)21)15(19-22-12)13-10(17)7-6-8-11(13)18/h6-8H,2-5,9H2,1H3,(H,20,21). The zero-order valence-corrected chi connectivity index (χ0v) is 13.0. The fourth-order valence-corrected chi connectivity index (χ4v) is 2.57. The van der Waals surface area contributed by atoms with Gasteiger partial charge >= 0.3 is 5.97 Å². The average molecular weight is 326 g/mol. The zero-order chi connectivity index (χ0) is 16.1. The van der Waals surface area contributed by atoms with E-state index in [0.29, 0.717) is 6.42 Å². The van der Waals surface area contributed by atoms with Gasteiger partial charge in [0.15, 0.2) is 5.76 Å². The number of aryl methyl sites for hydroxylation is 1. The van der Waals surface area contributed by atoms with E-state index in [1.807, 2.05) is 0 Å². The first-order chi connectivity index (χ1) is 10.6. The smallest absolute Gasteiger partial charge is 0.341 e. The monoisotopic (exact) mass is 325 g/mol. The molecule has 0 fully saturated rings. The third-order valence-corrected chi connectivity index (χ3v) is 3.75. The van der Waals surface area contributed by atoms with Crippen molar-refractivity contribution < 1.29 is 18.8 Å². The highest BCUT2D eigenvalue weighted by Crippen LogP contribution is 2.34. The molecule has 0 aliphatic rings. The summed E-state index contributed by atoms with van der Waals surface area (Å²) in [6.45, 7) is 2.09. The molecule has 1 N–H and O–H groups in total. The molecule has 4 nitrogen and oxygen atoms in total. The number of aromatic nitrogens is 1. The molecular formula is C16H17ClFNO3. The fraction of sp³-hybridized carbons (Fsp3) is 0.375. The van der Waals surface area contributed by atoms with Crippen molar-refractivity contribution >= 4 is 17.6 Å². The van der Waals surface area contributed by atoms with Crippen LogP contribution in [0, 0.1) is 5.82 Å². The van der Waals surface area contributed by atoms with Gasteiger partial charge in [-0.05, 0) is 18.6 Å². The maximum atomic E-state index is 14.0. The number of hydrogen-bond acceptors (Lipinski definition) is 3. The van der Waals surface area contributed by atoms with Crippen LogP contribution in [-0.2, 0) is 6.42 Å². The first kappa shape index (κ1) is 16.5. The SMILES string of the molecule is CCCCCCc1onc(-c2c(F)cccc2Cl)c1C(=O)O. The van der Waals surface area contributed by atoms with Crippen molar-refractivity contribution in [3.05, 3.63) is 40.4 Å². The minimum absolute atomic E-state index is 0.0369. The molecule has 2 aromatic rings. The molecule has 1 aromatic carbocycles. The molecule has 22 heavy (non-hydrogen) atoms.